The summed E-state index contributed by atoms with van der Waals surface area (Å²) in [6.07, 6.45) is 1.05. The Morgan fingerprint density at radius 3 is 1.95 bits per heavy atom. The van der Waals surface area contributed by atoms with Gasteiger partial charge in [-0.25, -0.2) is 8.42 Å². The van der Waals surface area contributed by atoms with Crippen LogP contribution in [-0.4, -0.2) is 23.1 Å². The van der Waals surface area contributed by atoms with Gasteiger partial charge in [0.25, 0.3) is 0 Å². The van der Waals surface area contributed by atoms with Gasteiger partial charge in [-0.15, -0.1) is 0 Å². The molecule has 22 heavy (non-hydrogen) atoms. The van der Waals surface area contributed by atoms with E-state index in [0.29, 0.717) is 4.47 Å². The average molecular weight is 405 g/mol. The van der Waals surface area contributed by atoms with E-state index in [1.807, 2.05) is 6.92 Å². The summed E-state index contributed by atoms with van der Waals surface area (Å²) in [7, 11) is -7.41. The van der Waals surface area contributed by atoms with E-state index in [1.54, 1.807) is 18.2 Å². The predicted molar refractivity (Wildman–Crippen MR) is 86.2 cm³/mol. The lowest BCUT2D eigenvalue weighted by atomic mass is 10.2. The number of aryl methyl sites for hydroxylation is 1. The third kappa shape index (κ3) is 3.88. The Bertz CT molecular complexity index is 901. The quantitative estimate of drug-likeness (QED) is 0.731. The molecule has 118 valence electrons. The number of hydrogen-bond acceptors (Lipinski definition) is 5. The van der Waals surface area contributed by atoms with E-state index in [0.717, 1.165) is 11.8 Å². The first-order valence-electron chi connectivity index (χ1n) is 6.10. The van der Waals surface area contributed by atoms with Gasteiger partial charge in [-0.3, -0.25) is 0 Å². The minimum atomic E-state index is -4.04. The highest BCUT2D eigenvalue weighted by atomic mass is 79.9. The van der Waals surface area contributed by atoms with Crippen LogP contribution in [0.15, 0.2) is 56.7 Å². The zero-order valence-corrected chi connectivity index (χ0v) is 15.0. The Morgan fingerprint density at radius 1 is 0.909 bits per heavy atom. The lowest BCUT2D eigenvalue weighted by molar-refractivity contribution is 0.484. The molecule has 2 rings (SSSR count). The first-order valence-corrected chi connectivity index (χ1v) is 10.2. The SMILES string of the molecule is Cc1ccc(OS(=O)(=O)c2ccc(S(C)(=O)=O)cc2)c(Br)c1. The second-order valence-electron chi connectivity index (χ2n) is 4.71. The van der Waals surface area contributed by atoms with E-state index >= 15 is 0 Å². The Kier molecular flexibility index (Phi) is 4.65. The second-order valence-corrected chi connectivity index (χ2v) is 9.13. The topological polar surface area (TPSA) is 77.5 Å². The summed E-state index contributed by atoms with van der Waals surface area (Å²) in [5.41, 5.74) is 0.953. The van der Waals surface area contributed by atoms with Crippen molar-refractivity contribution in [3.8, 4) is 5.75 Å². The van der Waals surface area contributed by atoms with E-state index in [1.165, 1.54) is 24.3 Å². The molecule has 0 spiro atoms. The summed E-state index contributed by atoms with van der Waals surface area (Å²) in [6.45, 7) is 1.87. The molecule has 0 fully saturated rings. The van der Waals surface area contributed by atoms with Crippen LogP contribution in [0.5, 0.6) is 5.75 Å². The summed E-state index contributed by atoms with van der Waals surface area (Å²) < 4.78 is 52.8. The van der Waals surface area contributed by atoms with E-state index in [4.69, 9.17) is 4.18 Å². The van der Waals surface area contributed by atoms with Gasteiger partial charge in [-0.2, -0.15) is 8.42 Å². The van der Waals surface area contributed by atoms with Crippen LogP contribution in [0, 0.1) is 6.92 Å². The maximum atomic E-state index is 12.2. The summed E-state index contributed by atoms with van der Waals surface area (Å²) in [6, 6.07) is 9.87. The van der Waals surface area contributed by atoms with E-state index in [9.17, 15) is 16.8 Å². The fourth-order valence-corrected chi connectivity index (χ4v) is 3.95. The molecule has 0 aliphatic carbocycles. The lowest BCUT2D eigenvalue weighted by Crippen LogP contribution is -2.10. The zero-order valence-electron chi connectivity index (χ0n) is 11.8. The van der Waals surface area contributed by atoms with Crippen molar-refractivity contribution in [2.24, 2.45) is 0 Å². The summed E-state index contributed by atoms with van der Waals surface area (Å²) in [5.74, 6) is 0.165. The van der Waals surface area contributed by atoms with Gasteiger partial charge in [0.1, 0.15) is 4.90 Å². The largest absolute Gasteiger partial charge is 0.378 e. The van der Waals surface area contributed by atoms with E-state index < -0.39 is 20.0 Å². The highest BCUT2D eigenvalue weighted by Gasteiger charge is 2.19. The molecule has 0 N–H and O–H groups in total. The van der Waals surface area contributed by atoms with Crippen LogP contribution in [-0.2, 0) is 20.0 Å². The summed E-state index contributed by atoms with van der Waals surface area (Å²) in [4.78, 5) is -0.0738. The molecule has 0 heterocycles. The molecule has 8 heteroatoms. The molecule has 0 atom stereocenters. The number of halogens is 1. The van der Waals surface area contributed by atoms with Crippen LogP contribution in [0.4, 0.5) is 0 Å². The van der Waals surface area contributed by atoms with Crippen molar-refractivity contribution >= 4 is 35.9 Å². The molecule has 0 bridgehead atoms. The number of benzene rings is 2. The van der Waals surface area contributed by atoms with Crippen LogP contribution >= 0.6 is 15.9 Å². The molecule has 2 aromatic rings. The van der Waals surface area contributed by atoms with Gasteiger partial charge in [0.15, 0.2) is 15.6 Å². The van der Waals surface area contributed by atoms with Crippen molar-refractivity contribution in [3.05, 3.63) is 52.5 Å². The molecule has 0 unspecified atom stereocenters. The lowest BCUT2D eigenvalue weighted by Gasteiger charge is -2.09. The van der Waals surface area contributed by atoms with Gasteiger partial charge in [-0.1, -0.05) is 6.07 Å². The van der Waals surface area contributed by atoms with Crippen molar-refractivity contribution in [2.45, 2.75) is 16.7 Å². The molecule has 0 aromatic heterocycles. The van der Waals surface area contributed by atoms with Crippen molar-refractivity contribution < 1.29 is 21.0 Å². The molecule has 0 aliphatic heterocycles. The van der Waals surface area contributed by atoms with Crippen molar-refractivity contribution in [3.63, 3.8) is 0 Å². The Morgan fingerprint density at radius 2 is 1.45 bits per heavy atom. The number of rotatable bonds is 4. The Labute approximate surface area is 138 Å². The van der Waals surface area contributed by atoms with Crippen LogP contribution in [0.1, 0.15) is 5.56 Å². The van der Waals surface area contributed by atoms with Crippen molar-refractivity contribution in [1.29, 1.82) is 0 Å². The number of sulfone groups is 1. The fourth-order valence-electron chi connectivity index (χ4n) is 1.69. The van der Waals surface area contributed by atoms with Gasteiger partial charge in [0, 0.05) is 6.26 Å². The summed E-state index contributed by atoms with van der Waals surface area (Å²) >= 11 is 3.24. The Balaban J connectivity index is 2.34. The van der Waals surface area contributed by atoms with Gasteiger partial charge < -0.3 is 4.18 Å². The molecule has 0 amide bonds. The molecular weight excluding hydrogens is 392 g/mol. The first kappa shape index (κ1) is 17.0. The highest BCUT2D eigenvalue weighted by Crippen LogP contribution is 2.28. The summed E-state index contributed by atoms with van der Waals surface area (Å²) in [5, 5.41) is 0. The van der Waals surface area contributed by atoms with Gasteiger partial charge in [0.05, 0.1) is 9.37 Å². The Hall–Kier alpha value is -1.38. The average Bonchev–Trinajstić information content (AvgIpc) is 2.41. The fraction of sp³-hybridized carbons (Fsp3) is 0.143. The first-order chi connectivity index (χ1) is 10.1. The van der Waals surface area contributed by atoms with Crippen molar-refractivity contribution in [1.82, 2.24) is 0 Å². The molecule has 0 saturated carbocycles. The van der Waals surface area contributed by atoms with E-state index in [2.05, 4.69) is 15.9 Å². The van der Waals surface area contributed by atoms with Crippen LogP contribution in [0.25, 0.3) is 0 Å². The molecule has 2 aromatic carbocycles. The molecule has 0 aliphatic rings. The molecule has 0 radical (unpaired) electrons. The maximum absolute atomic E-state index is 12.2. The monoisotopic (exact) mass is 404 g/mol. The highest BCUT2D eigenvalue weighted by molar-refractivity contribution is 9.10. The predicted octanol–water partition coefficient (Wildman–Crippen LogP) is 2.93. The van der Waals surface area contributed by atoms with Crippen molar-refractivity contribution in [2.75, 3.05) is 6.26 Å². The zero-order chi connectivity index (χ0) is 16.5. The normalized spacial score (nSPS) is 12.1. The standard InChI is InChI=1S/C14H13BrO5S2/c1-10-3-8-14(13(15)9-10)20-22(18,19)12-6-4-11(5-7-12)21(2,16)17/h3-9H,1-2H3. The molecule has 5 nitrogen and oxygen atoms in total. The van der Waals surface area contributed by atoms with Crippen LogP contribution in [0.3, 0.4) is 0 Å². The van der Waals surface area contributed by atoms with Gasteiger partial charge in [0.2, 0.25) is 0 Å². The van der Waals surface area contributed by atoms with Gasteiger partial charge in [-0.05, 0) is 64.8 Å². The van der Waals surface area contributed by atoms with E-state index in [-0.39, 0.29) is 15.5 Å². The second kappa shape index (κ2) is 6.02. The maximum Gasteiger partial charge on any atom is 0.339 e. The minimum Gasteiger partial charge on any atom is -0.378 e. The number of hydrogen-bond donors (Lipinski definition) is 0. The van der Waals surface area contributed by atoms with Crippen LogP contribution < -0.4 is 4.18 Å². The van der Waals surface area contributed by atoms with Crippen LogP contribution in [0.2, 0.25) is 0 Å². The van der Waals surface area contributed by atoms with Gasteiger partial charge >= 0.3 is 10.1 Å². The third-order valence-corrected chi connectivity index (χ3v) is 5.82. The minimum absolute atomic E-state index is 0.0444. The smallest absolute Gasteiger partial charge is 0.339 e. The third-order valence-electron chi connectivity index (χ3n) is 2.83. The molecule has 0 saturated heterocycles. The molecular formula is C14H13BrO5S2.